The first-order valence-corrected chi connectivity index (χ1v) is 7.06. The van der Waals surface area contributed by atoms with Gasteiger partial charge in [0.2, 0.25) is 0 Å². The van der Waals surface area contributed by atoms with E-state index in [1.54, 1.807) is 0 Å². The van der Waals surface area contributed by atoms with Gasteiger partial charge in [-0.25, -0.2) is 0 Å². The van der Waals surface area contributed by atoms with Gasteiger partial charge in [-0.2, -0.15) is 0 Å². The SMILES string of the molecule is CC1(C)O[C@]2(C)CCC[C@]3(C)CC[C@@H]1C[C@@H]32. The molecule has 1 saturated heterocycles. The molecule has 2 saturated carbocycles. The minimum atomic E-state index is 0.115. The van der Waals surface area contributed by atoms with E-state index >= 15 is 0 Å². The average molecular weight is 222 g/mol. The lowest BCUT2D eigenvalue weighted by molar-refractivity contribution is -0.275. The monoisotopic (exact) mass is 222 g/mol. The number of fused-ring (bicyclic) bond motifs is 1. The Morgan fingerprint density at radius 3 is 2.50 bits per heavy atom. The minimum absolute atomic E-state index is 0.115. The fourth-order valence-electron chi connectivity index (χ4n) is 5.11. The van der Waals surface area contributed by atoms with Gasteiger partial charge in [-0.1, -0.05) is 13.3 Å². The van der Waals surface area contributed by atoms with Crippen LogP contribution in [-0.2, 0) is 4.74 Å². The molecule has 2 aliphatic carbocycles. The molecular formula is C15H26O. The summed E-state index contributed by atoms with van der Waals surface area (Å²) < 4.78 is 6.56. The van der Waals surface area contributed by atoms with Gasteiger partial charge in [-0.3, -0.25) is 0 Å². The summed E-state index contributed by atoms with van der Waals surface area (Å²) in [6.07, 6.45) is 8.32. The second-order valence-corrected chi connectivity index (χ2v) is 7.55. The van der Waals surface area contributed by atoms with Crippen molar-refractivity contribution in [2.24, 2.45) is 17.3 Å². The number of rotatable bonds is 0. The quantitative estimate of drug-likeness (QED) is 0.598. The van der Waals surface area contributed by atoms with Gasteiger partial charge in [-0.05, 0) is 70.1 Å². The van der Waals surface area contributed by atoms with Gasteiger partial charge in [0.05, 0.1) is 11.2 Å². The van der Waals surface area contributed by atoms with Crippen LogP contribution in [0.5, 0.6) is 0 Å². The van der Waals surface area contributed by atoms with E-state index in [-0.39, 0.29) is 11.2 Å². The van der Waals surface area contributed by atoms with Crippen LogP contribution in [0.4, 0.5) is 0 Å². The zero-order valence-corrected chi connectivity index (χ0v) is 11.3. The average Bonchev–Trinajstić information content (AvgIpc) is 2.14. The third-order valence-electron chi connectivity index (χ3n) is 6.06. The van der Waals surface area contributed by atoms with Crippen LogP contribution in [0.1, 0.15) is 66.2 Å². The number of ether oxygens (including phenoxy) is 1. The maximum atomic E-state index is 6.56. The lowest BCUT2D eigenvalue weighted by atomic mass is 9.50. The maximum absolute atomic E-state index is 6.56. The summed E-state index contributed by atoms with van der Waals surface area (Å²) in [5.41, 5.74) is 0.872. The first kappa shape index (κ1) is 11.1. The molecule has 1 heteroatoms. The van der Waals surface area contributed by atoms with E-state index < -0.39 is 0 Å². The highest BCUT2D eigenvalue weighted by atomic mass is 16.5. The second-order valence-electron chi connectivity index (χ2n) is 7.55. The van der Waals surface area contributed by atoms with E-state index in [2.05, 4.69) is 27.7 Å². The molecule has 3 aliphatic rings. The van der Waals surface area contributed by atoms with Crippen LogP contribution in [0.25, 0.3) is 0 Å². The first-order chi connectivity index (χ1) is 7.36. The zero-order valence-electron chi connectivity index (χ0n) is 11.3. The summed E-state index contributed by atoms with van der Waals surface area (Å²) >= 11 is 0. The van der Waals surface area contributed by atoms with Crippen molar-refractivity contribution in [2.75, 3.05) is 0 Å². The van der Waals surface area contributed by atoms with Crippen LogP contribution >= 0.6 is 0 Å². The Balaban J connectivity index is 2.00. The standard InChI is InChI=1S/C15H26O/c1-13(2)11-6-9-14(3)7-5-8-15(4,16-13)12(14)10-11/h11-12H,5-10H2,1-4H3/t11-,12+,14-,15-/m1/s1. The van der Waals surface area contributed by atoms with Crippen molar-refractivity contribution in [2.45, 2.75) is 77.4 Å². The molecule has 16 heavy (non-hydrogen) atoms. The molecular weight excluding hydrogens is 196 g/mol. The highest BCUT2D eigenvalue weighted by molar-refractivity contribution is 5.08. The molecule has 0 aromatic rings. The van der Waals surface area contributed by atoms with Crippen molar-refractivity contribution >= 4 is 0 Å². The Kier molecular flexibility index (Phi) is 2.11. The van der Waals surface area contributed by atoms with Crippen molar-refractivity contribution in [1.29, 1.82) is 0 Å². The van der Waals surface area contributed by atoms with Gasteiger partial charge < -0.3 is 4.74 Å². The molecule has 0 unspecified atom stereocenters. The Morgan fingerprint density at radius 2 is 1.75 bits per heavy atom. The summed E-state index contributed by atoms with van der Waals surface area (Å²) in [7, 11) is 0. The van der Waals surface area contributed by atoms with E-state index in [1.165, 1.54) is 38.5 Å². The molecule has 0 radical (unpaired) electrons. The van der Waals surface area contributed by atoms with Crippen LogP contribution in [0.15, 0.2) is 0 Å². The van der Waals surface area contributed by atoms with Crippen molar-refractivity contribution < 1.29 is 4.74 Å². The Labute approximate surface area is 99.9 Å². The minimum Gasteiger partial charge on any atom is -0.369 e. The summed E-state index contributed by atoms with van der Waals surface area (Å²) in [6.45, 7) is 9.54. The molecule has 1 heterocycles. The Hall–Kier alpha value is -0.0400. The summed E-state index contributed by atoms with van der Waals surface area (Å²) in [6, 6.07) is 0. The van der Waals surface area contributed by atoms with Gasteiger partial charge in [0.25, 0.3) is 0 Å². The van der Waals surface area contributed by atoms with E-state index in [0.717, 1.165) is 11.8 Å². The lowest BCUT2D eigenvalue weighted by Crippen LogP contribution is -2.62. The highest BCUT2D eigenvalue weighted by Gasteiger charge is 2.59. The molecule has 0 aromatic heterocycles. The predicted molar refractivity (Wildman–Crippen MR) is 66.4 cm³/mol. The second kappa shape index (κ2) is 3.04. The number of hydrogen-bond acceptors (Lipinski definition) is 1. The van der Waals surface area contributed by atoms with Gasteiger partial charge in [-0.15, -0.1) is 0 Å². The van der Waals surface area contributed by atoms with Gasteiger partial charge in [0.1, 0.15) is 0 Å². The molecule has 4 atom stereocenters. The van der Waals surface area contributed by atoms with Gasteiger partial charge in [0, 0.05) is 0 Å². The van der Waals surface area contributed by atoms with Crippen LogP contribution in [-0.4, -0.2) is 11.2 Å². The Morgan fingerprint density at radius 1 is 1.00 bits per heavy atom. The van der Waals surface area contributed by atoms with Gasteiger partial charge in [0.15, 0.2) is 0 Å². The van der Waals surface area contributed by atoms with Crippen molar-refractivity contribution in [3.05, 3.63) is 0 Å². The molecule has 3 rings (SSSR count). The molecule has 0 spiro atoms. The molecule has 1 aliphatic heterocycles. The summed E-state index contributed by atoms with van der Waals surface area (Å²) in [5.74, 6) is 1.62. The highest BCUT2D eigenvalue weighted by Crippen LogP contribution is 2.62. The predicted octanol–water partition coefficient (Wildman–Crippen LogP) is 4.16. The molecule has 0 aromatic carbocycles. The van der Waals surface area contributed by atoms with E-state index in [4.69, 9.17) is 4.74 Å². The molecule has 0 amide bonds. The first-order valence-electron chi connectivity index (χ1n) is 7.06. The van der Waals surface area contributed by atoms with E-state index in [1.807, 2.05) is 0 Å². The molecule has 0 N–H and O–H groups in total. The van der Waals surface area contributed by atoms with Crippen LogP contribution < -0.4 is 0 Å². The Bertz CT molecular complexity index is 309. The maximum Gasteiger partial charge on any atom is 0.0695 e. The molecule has 1 nitrogen and oxygen atoms in total. The van der Waals surface area contributed by atoms with Crippen LogP contribution in [0.3, 0.4) is 0 Å². The topological polar surface area (TPSA) is 9.23 Å². The third-order valence-corrected chi connectivity index (χ3v) is 6.06. The summed E-state index contributed by atoms with van der Waals surface area (Å²) in [4.78, 5) is 0. The van der Waals surface area contributed by atoms with Gasteiger partial charge >= 0.3 is 0 Å². The van der Waals surface area contributed by atoms with Crippen molar-refractivity contribution in [1.82, 2.24) is 0 Å². The van der Waals surface area contributed by atoms with Crippen LogP contribution in [0, 0.1) is 17.3 Å². The normalized spacial score (nSPS) is 54.8. The summed E-state index contributed by atoms with van der Waals surface area (Å²) in [5, 5.41) is 0. The number of hydrogen-bond donors (Lipinski definition) is 0. The van der Waals surface area contributed by atoms with Crippen molar-refractivity contribution in [3.63, 3.8) is 0 Å². The fraction of sp³-hybridized carbons (Fsp3) is 1.00. The fourth-order valence-corrected chi connectivity index (χ4v) is 5.11. The largest absolute Gasteiger partial charge is 0.369 e. The molecule has 3 fully saturated rings. The lowest BCUT2D eigenvalue weighted by Gasteiger charge is -2.63. The zero-order chi connectivity index (χ0) is 11.6. The van der Waals surface area contributed by atoms with E-state index in [9.17, 15) is 0 Å². The molecule has 92 valence electrons. The third kappa shape index (κ3) is 1.33. The van der Waals surface area contributed by atoms with E-state index in [0.29, 0.717) is 5.41 Å². The molecule has 2 bridgehead atoms. The van der Waals surface area contributed by atoms with Crippen LogP contribution in [0.2, 0.25) is 0 Å². The van der Waals surface area contributed by atoms with Crippen molar-refractivity contribution in [3.8, 4) is 0 Å². The smallest absolute Gasteiger partial charge is 0.0695 e.